The molecule has 1 heterocycles. The van der Waals surface area contributed by atoms with Crippen molar-refractivity contribution in [2.45, 2.75) is 0 Å². The molecule has 0 radical (unpaired) electrons. The molecule has 13 heavy (non-hydrogen) atoms. The largest absolute Gasteiger partial charge is 0.364 e. The lowest BCUT2D eigenvalue weighted by molar-refractivity contribution is 1.20. The lowest BCUT2D eigenvalue weighted by Crippen LogP contribution is -2.03. The minimum Gasteiger partial charge on any atom is -0.364 e. The average molecular weight is 326 g/mol. The second-order valence-corrected chi connectivity index (χ2v) is 4.66. The highest BCUT2D eigenvalue weighted by atomic mass is 79.9. The maximum Gasteiger partial charge on any atom is 0.140 e. The van der Waals surface area contributed by atoms with E-state index < -0.39 is 0 Å². The van der Waals surface area contributed by atoms with Gasteiger partial charge in [0.25, 0.3) is 0 Å². The Hall–Kier alpha value is -0.0600. The van der Waals surface area contributed by atoms with Gasteiger partial charge in [-0.05, 0) is 37.9 Å². The fourth-order valence-electron chi connectivity index (χ4n) is 0.724. The molecule has 0 spiro atoms. The van der Waals surface area contributed by atoms with Crippen LogP contribution in [0, 0.1) is 0 Å². The van der Waals surface area contributed by atoms with Crippen molar-refractivity contribution in [2.24, 2.45) is 0 Å². The Bertz CT molecular complexity index is 328. The molecule has 0 fully saturated rings. The van der Waals surface area contributed by atoms with Crippen molar-refractivity contribution in [1.29, 1.82) is 0 Å². The molecular weight excluding hydrogens is 319 g/mol. The molecule has 0 aromatic carbocycles. The maximum absolute atomic E-state index is 5.60. The monoisotopic (exact) mass is 324 g/mol. The number of rotatable bonds is 3. The predicted octanol–water partition coefficient (Wildman–Crippen LogP) is 3.77. The molecule has 5 heteroatoms. The maximum atomic E-state index is 5.60. The van der Waals surface area contributed by atoms with Crippen molar-refractivity contribution < 1.29 is 0 Å². The number of halogens is 3. The van der Waals surface area contributed by atoms with Crippen LogP contribution in [0.25, 0.3) is 0 Å². The van der Waals surface area contributed by atoms with Crippen LogP contribution in [0.4, 0.5) is 5.82 Å². The highest BCUT2D eigenvalue weighted by molar-refractivity contribution is 9.11. The van der Waals surface area contributed by atoms with Crippen LogP contribution in [0.1, 0.15) is 0 Å². The fraction of sp³-hybridized carbons (Fsp3) is 0.125. The van der Waals surface area contributed by atoms with Gasteiger partial charge < -0.3 is 5.32 Å². The SMILES string of the molecule is C=C(Cl)CNc1ncc(Br)cc1Br. The Morgan fingerprint density at radius 1 is 1.62 bits per heavy atom. The highest BCUT2D eigenvalue weighted by Crippen LogP contribution is 2.23. The van der Waals surface area contributed by atoms with E-state index in [0.29, 0.717) is 11.6 Å². The molecule has 0 aliphatic heterocycles. The van der Waals surface area contributed by atoms with E-state index >= 15 is 0 Å². The normalized spacial score (nSPS) is 9.77. The summed E-state index contributed by atoms with van der Waals surface area (Å²) in [6, 6.07) is 1.91. The van der Waals surface area contributed by atoms with E-state index in [1.54, 1.807) is 6.20 Å². The van der Waals surface area contributed by atoms with Gasteiger partial charge in [-0.15, -0.1) is 0 Å². The Kier molecular flexibility index (Phi) is 4.22. The number of pyridine rings is 1. The smallest absolute Gasteiger partial charge is 0.140 e. The molecule has 2 nitrogen and oxygen atoms in total. The molecule has 0 saturated carbocycles. The molecule has 70 valence electrons. The van der Waals surface area contributed by atoms with Crippen molar-refractivity contribution >= 4 is 49.3 Å². The number of hydrogen-bond acceptors (Lipinski definition) is 2. The van der Waals surface area contributed by atoms with Crippen LogP contribution in [0.2, 0.25) is 0 Å². The molecule has 1 aromatic rings. The molecule has 0 saturated heterocycles. The van der Waals surface area contributed by atoms with Gasteiger partial charge in [0.15, 0.2) is 0 Å². The summed E-state index contributed by atoms with van der Waals surface area (Å²) in [6.45, 7) is 4.08. The van der Waals surface area contributed by atoms with E-state index in [1.165, 1.54) is 0 Å². The Balaban J connectivity index is 2.72. The van der Waals surface area contributed by atoms with Crippen molar-refractivity contribution in [2.75, 3.05) is 11.9 Å². The minimum atomic E-state index is 0.509. The first kappa shape index (κ1) is 11.0. The zero-order valence-corrected chi connectivity index (χ0v) is 10.6. The first-order chi connectivity index (χ1) is 6.09. The molecule has 0 bridgehead atoms. The van der Waals surface area contributed by atoms with Crippen LogP contribution in [0.15, 0.2) is 32.8 Å². The number of nitrogens with one attached hydrogen (secondary N) is 1. The van der Waals surface area contributed by atoms with Gasteiger partial charge >= 0.3 is 0 Å². The van der Waals surface area contributed by atoms with E-state index in [0.717, 1.165) is 14.8 Å². The summed E-state index contributed by atoms with van der Waals surface area (Å²) < 4.78 is 1.81. The van der Waals surface area contributed by atoms with Crippen molar-refractivity contribution in [1.82, 2.24) is 4.98 Å². The van der Waals surface area contributed by atoms with Gasteiger partial charge in [-0.2, -0.15) is 0 Å². The van der Waals surface area contributed by atoms with Crippen LogP contribution < -0.4 is 5.32 Å². The number of nitrogens with zero attached hydrogens (tertiary/aromatic N) is 1. The summed E-state index contributed by atoms with van der Waals surface area (Å²) in [7, 11) is 0. The summed E-state index contributed by atoms with van der Waals surface area (Å²) in [5.74, 6) is 0.755. The van der Waals surface area contributed by atoms with Crippen LogP contribution in [-0.4, -0.2) is 11.5 Å². The van der Waals surface area contributed by atoms with Gasteiger partial charge in [0.2, 0.25) is 0 Å². The minimum absolute atomic E-state index is 0.509. The molecule has 0 atom stereocenters. The summed E-state index contributed by atoms with van der Waals surface area (Å²) in [6.07, 6.45) is 1.71. The lowest BCUT2D eigenvalue weighted by atomic mass is 10.4. The van der Waals surface area contributed by atoms with Crippen LogP contribution in [0.3, 0.4) is 0 Å². The second-order valence-electron chi connectivity index (χ2n) is 2.35. The summed E-state index contributed by atoms with van der Waals surface area (Å²) in [5.41, 5.74) is 0. The van der Waals surface area contributed by atoms with E-state index in [4.69, 9.17) is 11.6 Å². The molecule has 0 amide bonds. The van der Waals surface area contributed by atoms with Gasteiger partial charge in [-0.25, -0.2) is 4.98 Å². The number of aromatic nitrogens is 1. The van der Waals surface area contributed by atoms with Gasteiger partial charge in [0.1, 0.15) is 5.82 Å². The average Bonchev–Trinajstić information content (AvgIpc) is 2.02. The Labute approximate surface area is 98.6 Å². The molecule has 0 unspecified atom stereocenters. The van der Waals surface area contributed by atoms with Gasteiger partial charge in [-0.3, -0.25) is 0 Å². The van der Waals surface area contributed by atoms with Gasteiger partial charge in [0, 0.05) is 15.7 Å². The number of hydrogen-bond donors (Lipinski definition) is 1. The third-order valence-corrected chi connectivity index (χ3v) is 2.43. The van der Waals surface area contributed by atoms with Crippen LogP contribution >= 0.6 is 43.5 Å². The standard InChI is InChI=1S/C8H7Br2ClN2/c1-5(11)3-12-8-7(10)2-6(9)4-13-8/h2,4H,1,3H2,(H,12,13). The molecule has 1 N–H and O–H groups in total. The number of anilines is 1. The first-order valence-corrected chi connectivity index (χ1v) is 5.44. The van der Waals surface area contributed by atoms with E-state index in [1.807, 2.05) is 6.07 Å². The van der Waals surface area contributed by atoms with Crippen molar-refractivity contribution in [3.63, 3.8) is 0 Å². The zero-order valence-electron chi connectivity index (χ0n) is 6.65. The predicted molar refractivity (Wildman–Crippen MR) is 63.1 cm³/mol. The quantitative estimate of drug-likeness (QED) is 0.914. The highest BCUT2D eigenvalue weighted by Gasteiger charge is 2.00. The third-order valence-electron chi connectivity index (χ3n) is 1.26. The summed E-state index contributed by atoms with van der Waals surface area (Å²) in [5, 5.41) is 3.58. The first-order valence-electron chi connectivity index (χ1n) is 3.48. The summed E-state index contributed by atoms with van der Waals surface area (Å²) >= 11 is 12.3. The van der Waals surface area contributed by atoms with Crippen molar-refractivity contribution in [3.05, 3.63) is 32.8 Å². The fourth-order valence-corrected chi connectivity index (χ4v) is 1.92. The van der Waals surface area contributed by atoms with Crippen molar-refractivity contribution in [3.8, 4) is 0 Å². The third kappa shape index (κ3) is 3.67. The summed E-state index contributed by atoms with van der Waals surface area (Å²) in [4.78, 5) is 4.15. The molecule has 0 aliphatic rings. The van der Waals surface area contributed by atoms with E-state index in [2.05, 4.69) is 48.7 Å². The Morgan fingerprint density at radius 2 is 2.31 bits per heavy atom. The molecule has 0 aliphatic carbocycles. The molecular formula is C8H7Br2ClN2. The molecule has 1 aromatic heterocycles. The topological polar surface area (TPSA) is 24.9 Å². The van der Waals surface area contributed by atoms with Gasteiger partial charge in [0.05, 0.1) is 11.0 Å². The molecule has 1 rings (SSSR count). The van der Waals surface area contributed by atoms with Crippen LogP contribution in [0.5, 0.6) is 0 Å². The van der Waals surface area contributed by atoms with Gasteiger partial charge in [-0.1, -0.05) is 18.2 Å². The lowest BCUT2D eigenvalue weighted by Gasteiger charge is -2.05. The van der Waals surface area contributed by atoms with Crippen LogP contribution in [-0.2, 0) is 0 Å². The second kappa shape index (κ2) is 4.98. The van der Waals surface area contributed by atoms with E-state index in [-0.39, 0.29) is 0 Å². The van der Waals surface area contributed by atoms with E-state index in [9.17, 15) is 0 Å². The zero-order chi connectivity index (χ0) is 9.84. The Morgan fingerprint density at radius 3 is 2.85 bits per heavy atom.